The average Bonchev–Trinajstić information content (AvgIpc) is 3.08. The second-order valence-electron chi connectivity index (χ2n) is 12.8. The number of nitrogens with zero attached hydrogens (tertiary/aromatic N) is 2. The van der Waals surface area contributed by atoms with Gasteiger partial charge in [0.25, 0.3) is 0 Å². The van der Waals surface area contributed by atoms with E-state index in [1.807, 2.05) is 36.4 Å². The largest absolute Gasteiger partial charge is 0.296 e. The van der Waals surface area contributed by atoms with Crippen molar-refractivity contribution >= 4 is 84.0 Å². The first-order chi connectivity index (χ1) is 23.1. The lowest BCUT2D eigenvalue weighted by Crippen LogP contribution is -2.56. The van der Waals surface area contributed by atoms with Gasteiger partial charge in [-0.3, -0.25) is 14.6 Å². The highest BCUT2D eigenvalue weighted by atomic mass is 79.9. The summed E-state index contributed by atoms with van der Waals surface area (Å²) >= 11 is 34.6. The van der Waals surface area contributed by atoms with Crippen molar-refractivity contribution in [2.45, 2.75) is 74.4 Å². The minimum Gasteiger partial charge on any atom is -0.296 e. The Morgan fingerprint density at radius 2 is 1.00 bits per heavy atom. The zero-order chi connectivity index (χ0) is 34.1. The molecular weight excluding hydrogens is 814 g/mol. The van der Waals surface area contributed by atoms with Crippen molar-refractivity contribution in [2.24, 2.45) is 0 Å². The van der Waals surface area contributed by atoms with Crippen LogP contribution in [0.2, 0.25) is 20.1 Å². The molecule has 0 spiro atoms. The van der Waals surface area contributed by atoms with Gasteiger partial charge in [-0.2, -0.15) is 0 Å². The van der Waals surface area contributed by atoms with E-state index >= 15 is 4.79 Å². The first-order valence-corrected chi connectivity index (χ1v) is 20.1. The summed E-state index contributed by atoms with van der Waals surface area (Å²) in [4.78, 5) is 20.3. The highest BCUT2D eigenvalue weighted by Crippen LogP contribution is 2.40. The minimum absolute atomic E-state index is 0.00788. The zero-order valence-corrected chi connectivity index (χ0v) is 33.2. The van der Waals surface area contributed by atoms with E-state index in [4.69, 9.17) is 46.4 Å². The Balaban J connectivity index is 1.46. The second kappa shape index (κ2) is 15.9. The van der Waals surface area contributed by atoms with Gasteiger partial charge < -0.3 is 0 Å². The molecule has 4 aromatic rings. The van der Waals surface area contributed by atoms with Gasteiger partial charge in [0.1, 0.15) is 0 Å². The highest BCUT2D eigenvalue weighted by molar-refractivity contribution is 9.08. The van der Waals surface area contributed by atoms with E-state index in [0.717, 1.165) is 47.7 Å². The number of carbonyl (C=O) groups is 1. The van der Waals surface area contributed by atoms with Crippen molar-refractivity contribution < 1.29 is 4.79 Å². The van der Waals surface area contributed by atoms with Crippen LogP contribution in [0.4, 0.5) is 0 Å². The maximum absolute atomic E-state index is 15.6. The monoisotopic (exact) mass is 848 g/mol. The van der Waals surface area contributed by atoms with Crippen LogP contribution in [0.3, 0.4) is 0 Å². The maximum atomic E-state index is 15.6. The molecule has 0 bridgehead atoms. The fraction of sp³-hybridized carbons (Fsp3) is 0.359. The lowest BCUT2D eigenvalue weighted by molar-refractivity contribution is -0.132. The molecule has 0 saturated carbocycles. The molecule has 2 aliphatic heterocycles. The summed E-state index contributed by atoms with van der Waals surface area (Å²) < 4.78 is 0. The first kappa shape index (κ1) is 36.4. The Hall–Kier alpha value is -1.41. The first-order valence-electron chi connectivity index (χ1n) is 16.4. The molecule has 0 aromatic heterocycles. The zero-order valence-electron chi connectivity index (χ0n) is 27.0. The quantitative estimate of drug-likeness (QED) is 0.149. The maximum Gasteiger partial charge on any atom is 0.167 e. The van der Waals surface area contributed by atoms with Gasteiger partial charge in [-0.1, -0.05) is 127 Å². The van der Waals surface area contributed by atoms with Crippen LogP contribution in [0, 0.1) is 0 Å². The summed E-state index contributed by atoms with van der Waals surface area (Å²) in [6.45, 7) is 5.91. The predicted molar refractivity (Wildman–Crippen MR) is 209 cm³/mol. The lowest BCUT2D eigenvalue weighted by atomic mass is 9.83. The van der Waals surface area contributed by atoms with Crippen molar-refractivity contribution in [2.75, 3.05) is 13.1 Å². The van der Waals surface area contributed by atoms with Gasteiger partial charge in [0, 0.05) is 55.9 Å². The van der Waals surface area contributed by atoms with Gasteiger partial charge in [-0.05, 0) is 108 Å². The molecule has 0 aliphatic carbocycles. The highest BCUT2D eigenvalue weighted by Gasteiger charge is 2.42. The van der Waals surface area contributed by atoms with Crippen molar-refractivity contribution in [3.05, 3.63) is 137 Å². The van der Waals surface area contributed by atoms with Crippen LogP contribution in [0.15, 0.2) is 72.8 Å². The molecule has 252 valence electrons. The van der Waals surface area contributed by atoms with E-state index < -0.39 is 12.1 Å². The van der Waals surface area contributed by atoms with Crippen LogP contribution in [0.1, 0.15) is 70.4 Å². The molecule has 4 atom stereocenters. The molecule has 4 aromatic carbocycles. The molecule has 3 nitrogen and oxygen atoms in total. The topological polar surface area (TPSA) is 23.6 Å². The van der Waals surface area contributed by atoms with Crippen LogP contribution < -0.4 is 0 Å². The number of halogens is 6. The standard InChI is InChI=1S/C39H38Br2Cl4N2O/c1-23-27-9-3-7-25(21-40)29(27)15-17-46(23)37(19-31-33(42)11-5-12-34(31)43)39(48)38(20-32-35(44)13-6-14-36(32)45)47-18-16-30-26(22-41)8-4-10-28(30)24(47)2/h3-14,23-24,37-38H,15-22H2,1-2H3/t23-,24-,37?,38?/m0/s1. The molecule has 9 heteroatoms. The van der Waals surface area contributed by atoms with Gasteiger partial charge in [-0.25, -0.2) is 0 Å². The van der Waals surface area contributed by atoms with E-state index in [2.05, 4.69) is 91.9 Å². The number of Topliss-reactive ketones (excluding diaryl/α,β-unsaturated/α-hetero) is 1. The smallest absolute Gasteiger partial charge is 0.167 e. The van der Waals surface area contributed by atoms with E-state index in [-0.39, 0.29) is 17.9 Å². The van der Waals surface area contributed by atoms with Crippen molar-refractivity contribution in [3.63, 3.8) is 0 Å². The third-order valence-corrected chi connectivity index (χ3v) is 13.0. The van der Waals surface area contributed by atoms with Crippen molar-refractivity contribution in [3.8, 4) is 0 Å². The van der Waals surface area contributed by atoms with Crippen molar-refractivity contribution in [1.82, 2.24) is 9.80 Å². The number of alkyl halides is 2. The summed E-state index contributed by atoms with van der Waals surface area (Å²) in [6.07, 6.45) is 2.50. The molecule has 0 radical (unpaired) electrons. The Morgan fingerprint density at radius 3 is 1.35 bits per heavy atom. The van der Waals surface area contributed by atoms with Gasteiger partial charge in [0.15, 0.2) is 5.78 Å². The van der Waals surface area contributed by atoms with Crippen LogP contribution >= 0.6 is 78.3 Å². The third kappa shape index (κ3) is 7.19. The van der Waals surface area contributed by atoms with E-state index in [1.54, 1.807) is 0 Å². The Kier molecular flexibility index (Phi) is 12.0. The Labute approximate surface area is 321 Å². The molecule has 48 heavy (non-hydrogen) atoms. The molecule has 0 fully saturated rings. The molecule has 0 N–H and O–H groups in total. The van der Waals surface area contributed by atoms with Gasteiger partial charge in [-0.15, -0.1) is 0 Å². The molecule has 2 heterocycles. The summed E-state index contributed by atoms with van der Waals surface area (Å²) in [5, 5.41) is 3.87. The molecule has 6 rings (SSSR count). The SMILES string of the molecule is C[C@H]1c2cccc(CBr)c2CCN1C(Cc1c(Cl)cccc1Cl)C(=O)C(Cc1c(Cl)cccc1Cl)N1CCc2c(CBr)cccc2[C@@H]1C. The number of benzene rings is 4. The van der Waals surface area contributed by atoms with Crippen LogP contribution in [0.5, 0.6) is 0 Å². The van der Waals surface area contributed by atoms with E-state index in [1.165, 1.54) is 33.4 Å². The van der Waals surface area contributed by atoms with Crippen molar-refractivity contribution in [1.29, 1.82) is 0 Å². The minimum atomic E-state index is -0.494. The molecular formula is C39H38Br2Cl4N2O. The molecule has 2 aliphatic rings. The fourth-order valence-corrected chi connectivity index (χ4v) is 10.0. The summed E-state index contributed by atoms with van der Waals surface area (Å²) in [5.41, 5.74) is 9.42. The van der Waals surface area contributed by atoms with Gasteiger partial charge in [0.2, 0.25) is 0 Å². The Morgan fingerprint density at radius 1 is 0.646 bits per heavy atom. The van der Waals surface area contributed by atoms with Gasteiger partial charge in [0.05, 0.1) is 12.1 Å². The third-order valence-electron chi connectivity index (χ3n) is 10.4. The lowest BCUT2D eigenvalue weighted by Gasteiger charge is -2.45. The molecule has 0 saturated heterocycles. The number of rotatable bonds is 10. The number of ketones is 1. The number of hydrogen-bond donors (Lipinski definition) is 0. The number of hydrogen-bond acceptors (Lipinski definition) is 3. The normalized spacial score (nSPS) is 19.4. The molecule has 2 unspecified atom stereocenters. The Bertz CT molecular complexity index is 1650. The average molecular weight is 852 g/mol. The molecule has 0 amide bonds. The van der Waals surface area contributed by atoms with Crippen LogP contribution in [-0.4, -0.2) is 40.8 Å². The summed E-state index contributed by atoms with van der Waals surface area (Å²) in [7, 11) is 0. The predicted octanol–water partition coefficient (Wildman–Crippen LogP) is 11.4. The summed E-state index contributed by atoms with van der Waals surface area (Å²) in [5.74, 6) is 0.126. The van der Waals surface area contributed by atoms with Crippen LogP contribution in [0.25, 0.3) is 0 Å². The van der Waals surface area contributed by atoms with E-state index in [0.29, 0.717) is 32.9 Å². The van der Waals surface area contributed by atoms with E-state index in [9.17, 15) is 0 Å². The second-order valence-corrected chi connectivity index (χ2v) is 15.6. The van der Waals surface area contributed by atoms with Crippen LogP contribution in [-0.2, 0) is 41.1 Å². The number of fused-ring (bicyclic) bond motifs is 2. The fourth-order valence-electron chi connectivity index (χ4n) is 7.86. The summed E-state index contributed by atoms with van der Waals surface area (Å²) in [6, 6.07) is 23.2. The van der Waals surface area contributed by atoms with Gasteiger partial charge >= 0.3 is 0 Å². The number of carbonyl (C=O) groups excluding carboxylic acids is 1.